The number of rotatable bonds is 0. The van der Waals surface area contributed by atoms with Gasteiger partial charge < -0.3 is 0 Å². The van der Waals surface area contributed by atoms with Crippen LogP contribution in [-0.2, 0) is 0 Å². The van der Waals surface area contributed by atoms with E-state index in [0.717, 1.165) is 23.7 Å². The Morgan fingerprint density at radius 3 is 1.58 bits per heavy atom. The third-order valence-electron chi connectivity index (χ3n) is 4.39. The van der Waals surface area contributed by atoms with Crippen molar-refractivity contribution in [3.8, 4) is 0 Å². The Morgan fingerprint density at radius 2 is 1.17 bits per heavy atom. The van der Waals surface area contributed by atoms with E-state index in [-0.39, 0.29) is 0 Å². The molecule has 0 aromatic heterocycles. The SMILES string of the molecule is C[C@H]1C[C@H]2CCCC[C@@H]2C[C@@H]1C. The van der Waals surface area contributed by atoms with E-state index in [0.29, 0.717) is 0 Å². The summed E-state index contributed by atoms with van der Waals surface area (Å²) < 4.78 is 0. The van der Waals surface area contributed by atoms with Crippen molar-refractivity contribution in [2.24, 2.45) is 23.7 Å². The maximum absolute atomic E-state index is 2.45. The zero-order valence-electron chi connectivity index (χ0n) is 8.55. The molecule has 0 heteroatoms. The second-order valence-electron chi connectivity index (χ2n) is 5.23. The first-order valence-electron chi connectivity index (χ1n) is 5.77. The first kappa shape index (κ1) is 8.59. The first-order valence-corrected chi connectivity index (χ1v) is 5.77. The predicted molar refractivity (Wildman–Crippen MR) is 53.0 cm³/mol. The van der Waals surface area contributed by atoms with Crippen LogP contribution in [-0.4, -0.2) is 0 Å². The van der Waals surface area contributed by atoms with Crippen molar-refractivity contribution in [2.45, 2.75) is 52.4 Å². The van der Waals surface area contributed by atoms with Crippen LogP contribution in [0, 0.1) is 23.7 Å². The maximum Gasteiger partial charge on any atom is -0.0383 e. The van der Waals surface area contributed by atoms with E-state index in [4.69, 9.17) is 0 Å². The van der Waals surface area contributed by atoms with Gasteiger partial charge in [0.1, 0.15) is 0 Å². The molecule has 0 nitrogen and oxygen atoms in total. The van der Waals surface area contributed by atoms with Crippen LogP contribution in [0.15, 0.2) is 0 Å². The lowest BCUT2D eigenvalue weighted by Crippen LogP contribution is -2.31. The molecule has 0 N–H and O–H groups in total. The molecule has 2 aliphatic carbocycles. The quantitative estimate of drug-likeness (QED) is 0.512. The molecule has 2 aliphatic rings. The molecule has 0 heterocycles. The fourth-order valence-electron chi connectivity index (χ4n) is 3.32. The number of hydrogen-bond acceptors (Lipinski definition) is 0. The van der Waals surface area contributed by atoms with Crippen molar-refractivity contribution in [2.75, 3.05) is 0 Å². The van der Waals surface area contributed by atoms with E-state index < -0.39 is 0 Å². The Labute approximate surface area is 76.7 Å². The average Bonchev–Trinajstić information content (AvgIpc) is 2.07. The highest BCUT2D eigenvalue weighted by molar-refractivity contribution is 4.84. The Bertz CT molecular complexity index is 132. The summed E-state index contributed by atoms with van der Waals surface area (Å²) in [6, 6.07) is 0. The third kappa shape index (κ3) is 1.53. The van der Waals surface area contributed by atoms with E-state index in [2.05, 4.69) is 13.8 Å². The van der Waals surface area contributed by atoms with Gasteiger partial charge in [-0.25, -0.2) is 0 Å². The fourth-order valence-corrected chi connectivity index (χ4v) is 3.32. The lowest BCUT2D eigenvalue weighted by Gasteiger charge is -2.41. The minimum absolute atomic E-state index is 1.00. The Hall–Kier alpha value is 0. The molecule has 12 heavy (non-hydrogen) atoms. The predicted octanol–water partition coefficient (Wildman–Crippen LogP) is 3.86. The molecule has 2 saturated carbocycles. The molecule has 0 aromatic rings. The van der Waals surface area contributed by atoms with Crippen LogP contribution in [0.5, 0.6) is 0 Å². The molecule has 0 spiro atoms. The topological polar surface area (TPSA) is 0 Å². The van der Waals surface area contributed by atoms with Crippen molar-refractivity contribution >= 4 is 0 Å². The highest BCUT2D eigenvalue weighted by Gasteiger charge is 2.33. The highest BCUT2D eigenvalue weighted by Crippen LogP contribution is 2.44. The summed E-state index contributed by atoms with van der Waals surface area (Å²) in [6.45, 7) is 4.91. The lowest BCUT2D eigenvalue weighted by atomic mass is 9.64. The van der Waals surface area contributed by atoms with Gasteiger partial charge in [0.2, 0.25) is 0 Å². The van der Waals surface area contributed by atoms with Crippen molar-refractivity contribution in [3.05, 3.63) is 0 Å². The summed E-state index contributed by atoms with van der Waals surface area (Å²) in [5.41, 5.74) is 0. The molecule has 0 aliphatic heterocycles. The summed E-state index contributed by atoms with van der Waals surface area (Å²) in [7, 11) is 0. The van der Waals surface area contributed by atoms with Crippen LogP contribution in [0.1, 0.15) is 52.4 Å². The number of fused-ring (bicyclic) bond motifs is 1. The molecular weight excluding hydrogens is 144 g/mol. The summed E-state index contributed by atoms with van der Waals surface area (Å²) in [5, 5.41) is 0. The van der Waals surface area contributed by atoms with Crippen LogP contribution < -0.4 is 0 Å². The fraction of sp³-hybridized carbons (Fsp3) is 1.00. The third-order valence-corrected chi connectivity index (χ3v) is 4.39. The zero-order valence-corrected chi connectivity index (χ0v) is 8.55. The summed E-state index contributed by atoms with van der Waals surface area (Å²) in [4.78, 5) is 0. The monoisotopic (exact) mass is 166 g/mol. The standard InChI is InChI=1S/C12H22/c1-9-7-11-5-3-4-6-12(11)8-10(9)2/h9-12H,3-8H2,1-2H3/t9-,10-,11+,12+/m0/s1. The molecule has 0 saturated heterocycles. The second-order valence-corrected chi connectivity index (χ2v) is 5.23. The largest absolute Gasteiger partial charge is 0.0622 e. The van der Waals surface area contributed by atoms with Gasteiger partial charge in [0.25, 0.3) is 0 Å². The van der Waals surface area contributed by atoms with Crippen molar-refractivity contribution in [3.63, 3.8) is 0 Å². The van der Waals surface area contributed by atoms with E-state index in [9.17, 15) is 0 Å². The molecule has 2 fully saturated rings. The molecule has 0 aromatic carbocycles. The molecule has 4 atom stereocenters. The maximum atomic E-state index is 2.45. The second kappa shape index (κ2) is 3.40. The summed E-state index contributed by atoms with van der Waals surface area (Å²) >= 11 is 0. The molecule has 2 rings (SSSR count). The van der Waals surface area contributed by atoms with Gasteiger partial charge >= 0.3 is 0 Å². The average molecular weight is 166 g/mol. The van der Waals surface area contributed by atoms with Crippen LogP contribution in [0.4, 0.5) is 0 Å². The zero-order chi connectivity index (χ0) is 8.55. The van der Waals surface area contributed by atoms with Gasteiger partial charge in [0, 0.05) is 0 Å². The van der Waals surface area contributed by atoms with Crippen LogP contribution in [0.3, 0.4) is 0 Å². The van der Waals surface area contributed by atoms with Crippen LogP contribution in [0.2, 0.25) is 0 Å². The van der Waals surface area contributed by atoms with Gasteiger partial charge in [0.15, 0.2) is 0 Å². The van der Waals surface area contributed by atoms with Gasteiger partial charge in [0.05, 0.1) is 0 Å². The van der Waals surface area contributed by atoms with Crippen LogP contribution >= 0.6 is 0 Å². The van der Waals surface area contributed by atoms with E-state index in [1.807, 2.05) is 0 Å². The molecule has 0 unspecified atom stereocenters. The molecule has 0 bridgehead atoms. The van der Waals surface area contributed by atoms with Gasteiger partial charge in [-0.15, -0.1) is 0 Å². The minimum Gasteiger partial charge on any atom is -0.0622 e. The van der Waals surface area contributed by atoms with E-state index in [1.54, 1.807) is 12.8 Å². The van der Waals surface area contributed by atoms with Crippen molar-refractivity contribution < 1.29 is 0 Å². The molecule has 0 amide bonds. The van der Waals surface area contributed by atoms with Crippen molar-refractivity contribution in [1.29, 1.82) is 0 Å². The minimum atomic E-state index is 1.00. The smallest absolute Gasteiger partial charge is 0.0383 e. The number of hydrogen-bond donors (Lipinski definition) is 0. The Kier molecular flexibility index (Phi) is 2.43. The van der Waals surface area contributed by atoms with E-state index in [1.165, 1.54) is 25.7 Å². The first-order chi connectivity index (χ1) is 5.77. The summed E-state index contributed by atoms with van der Waals surface area (Å²) in [6.07, 6.45) is 9.19. The highest BCUT2D eigenvalue weighted by atomic mass is 14.4. The molecule has 0 radical (unpaired) electrons. The van der Waals surface area contributed by atoms with Gasteiger partial charge in [-0.05, 0) is 36.5 Å². The Balaban J connectivity index is 1.98. The lowest BCUT2D eigenvalue weighted by molar-refractivity contribution is 0.0942. The summed E-state index contributed by atoms with van der Waals surface area (Å²) in [5.74, 6) is 4.24. The van der Waals surface area contributed by atoms with E-state index >= 15 is 0 Å². The Morgan fingerprint density at radius 1 is 0.750 bits per heavy atom. The molecular formula is C12H22. The normalized spacial score (nSPS) is 48.5. The van der Waals surface area contributed by atoms with Gasteiger partial charge in [-0.1, -0.05) is 39.5 Å². The van der Waals surface area contributed by atoms with Gasteiger partial charge in [-0.2, -0.15) is 0 Å². The van der Waals surface area contributed by atoms with Gasteiger partial charge in [-0.3, -0.25) is 0 Å². The van der Waals surface area contributed by atoms with Crippen molar-refractivity contribution in [1.82, 2.24) is 0 Å². The van der Waals surface area contributed by atoms with Crippen LogP contribution in [0.25, 0.3) is 0 Å². The molecule has 70 valence electrons.